The first-order valence-electron chi connectivity index (χ1n) is 14.1. The molecule has 0 aromatic heterocycles. The number of alkyl halides is 2. The van der Waals surface area contributed by atoms with Crippen molar-refractivity contribution in [3.63, 3.8) is 0 Å². The molecular formula is C33H24Cl3FN2O6. The zero-order chi connectivity index (χ0) is 32.0. The van der Waals surface area contributed by atoms with E-state index in [0.717, 1.165) is 21.9 Å². The second-order valence-electron chi connectivity index (χ2n) is 11.7. The summed E-state index contributed by atoms with van der Waals surface area (Å²) in [5, 5.41) is 11.2. The van der Waals surface area contributed by atoms with Crippen LogP contribution >= 0.6 is 34.8 Å². The van der Waals surface area contributed by atoms with Gasteiger partial charge in [0.05, 0.1) is 30.3 Å². The Morgan fingerprint density at radius 2 is 1.51 bits per heavy atom. The van der Waals surface area contributed by atoms with Crippen molar-refractivity contribution >= 4 is 69.8 Å². The number of ether oxygens (including phenoxy) is 1. The van der Waals surface area contributed by atoms with Gasteiger partial charge >= 0.3 is 0 Å². The van der Waals surface area contributed by atoms with E-state index in [1.807, 2.05) is 0 Å². The number of rotatable bonds is 4. The molecule has 45 heavy (non-hydrogen) atoms. The van der Waals surface area contributed by atoms with E-state index >= 15 is 0 Å². The number of methoxy groups -OCH3 is 1. The fraction of sp³-hybridized carbons (Fsp3) is 0.273. The highest BCUT2D eigenvalue weighted by Gasteiger charge is 2.76. The first-order valence-corrected chi connectivity index (χ1v) is 15.3. The Morgan fingerprint density at radius 3 is 2.16 bits per heavy atom. The molecule has 8 nitrogen and oxygen atoms in total. The number of allylic oxidation sites excluding steroid dienone is 2. The van der Waals surface area contributed by atoms with Gasteiger partial charge < -0.3 is 9.84 Å². The molecule has 3 aromatic rings. The number of imide groups is 2. The van der Waals surface area contributed by atoms with E-state index in [1.165, 1.54) is 31.4 Å². The molecule has 2 heterocycles. The average Bonchev–Trinajstić information content (AvgIpc) is 3.36. The molecule has 0 spiro atoms. The molecule has 1 N–H and O–H groups in total. The van der Waals surface area contributed by atoms with Crippen LogP contribution in [0.1, 0.15) is 24.3 Å². The van der Waals surface area contributed by atoms with Gasteiger partial charge in [0.15, 0.2) is 21.2 Å². The third-order valence-electron chi connectivity index (χ3n) is 9.52. The SMILES string of the molecule is COc1ccc(C2C3=CCC4C(=O)N(c5ccc(Cl)cc5)C(=O)C4C3CC3(Cl)C(=O)N(c4ccc(F)cc4)C(=O)C23Cl)cc1O. The summed E-state index contributed by atoms with van der Waals surface area (Å²) in [7, 11) is 1.39. The van der Waals surface area contributed by atoms with Crippen LogP contribution in [0.25, 0.3) is 0 Å². The summed E-state index contributed by atoms with van der Waals surface area (Å²) >= 11 is 20.7. The molecule has 4 aliphatic rings. The summed E-state index contributed by atoms with van der Waals surface area (Å²) in [5.41, 5.74) is 1.36. The number of fused-ring (bicyclic) bond motifs is 4. The molecule has 6 atom stereocenters. The summed E-state index contributed by atoms with van der Waals surface area (Å²) in [6, 6.07) is 15.6. The van der Waals surface area contributed by atoms with Gasteiger partial charge in [-0.25, -0.2) is 9.29 Å². The minimum Gasteiger partial charge on any atom is -0.504 e. The Bertz CT molecular complexity index is 1830. The Morgan fingerprint density at radius 1 is 0.867 bits per heavy atom. The van der Waals surface area contributed by atoms with Crippen molar-refractivity contribution < 1.29 is 33.4 Å². The molecule has 6 unspecified atom stereocenters. The fourth-order valence-corrected chi connectivity index (χ4v) is 8.56. The number of nitrogens with zero attached hydrogens (tertiary/aromatic N) is 2. The number of halogens is 4. The molecule has 2 aliphatic heterocycles. The molecule has 4 amide bonds. The molecule has 0 radical (unpaired) electrons. The first kappa shape index (κ1) is 29.8. The van der Waals surface area contributed by atoms with E-state index in [-0.39, 0.29) is 30.0 Å². The number of amides is 4. The number of anilines is 2. The number of phenolic OH excluding ortho intramolecular Hbond substituents is 1. The predicted molar refractivity (Wildman–Crippen MR) is 165 cm³/mol. The van der Waals surface area contributed by atoms with E-state index in [1.54, 1.807) is 36.4 Å². The van der Waals surface area contributed by atoms with Crippen LogP contribution in [-0.2, 0) is 19.2 Å². The monoisotopic (exact) mass is 668 g/mol. The van der Waals surface area contributed by atoms with Crippen molar-refractivity contribution in [1.82, 2.24) is 0 Å². The number of hydrogen-bond acceptors (Lipinski definition) is 6. The van der Waals surface area contributed by atoms with E-state index in [9.17, 15) is 28.7 Å². The maximum Gasteiger partial charge on any atom is 0.258 e. The molecular weight excluding hydrogens is 646 g/mol. The second-order valence-corrected chi connectivity index (χ2v) is 13.3. The second kappa shape index (κ2) is 10.3. The van der Waals surface area contributed by atoms with Gasteiger partial charge in [0.1, 0.15) is 5.82 Å². The van der Waals surface area contributed by atoms with Gasteiger partial charge in [0.25, 0.3) is 11.8 Å². The fourth-order valence-electron chi connectivity index (χ4n) is 7.50. The maximum atomic E-state index is 14.4. The summed E-state index contributed by atoms with van der Waals surface area (Å²) < 4.78 is 19.0. The lowest BCUT2D eigenvalue weighted by Crippen LogP contribution is -2.60. The quantitative estimate of drug-likeness (QED) is 0.209. The number of carbonyl (C=O) groups is 4. The normalized spacial score (nSPS) is 30.6. The third kappa shape index (κ3) is 4.03. The van der Waals surface area contributed by atoms with Crippen LogP contribution < -0.4 is 14.5 Å². The number of hydrogen-bond donors (Lipinski definition) is 1. The first-order chi connectivity index (χ1) is 21.4. The summed E-state index contributed by atoms with van der Waals surface area (Å²) in [6.45, 7) is 0. The highest BCUT2D eigenvalue weighted by atomic mass is 35.5. The Balaban J connectivity index is 1.40. The van der Waals surface area contributed by atoms with Crippen LogP contribution in [0, 0.1) is 23.6 Å². The van der Waals surface area contributed by atoms with Crippen LogP contribution in [0.5, 0.6) is 11.5 Å². The molecule has 3 fully saturated rings. The van der Waals surface area contributed by atoms with E-state index in [2.05, 4.69) is 0 Å². The van der Waals surface area contributed by atoms with Crippen LogP contribution in [0.15, 0.2) is 78.4 Å². The predicted octanol–water partition coefficient (Wildman–Crippen LogP) is 5.96. The lowest BCUT2D eigenvalue weighted by molar-refractivity contribution is -0.125. The van der Waals surface area contributed by atoms with Gasteiger partial charge in [0.2, 0.25) is 11.8 Å². The maximum absolute atomic E-state index is 14.4. The standard InChI is InChI=1S/C33H24Cl3FN2O6/c1-45-25-13-2-16(14-24(25)40)27-21-11-12-22-26(29(42)38(28(22)41)19-7-3-17(34)4-8-19)23(21)15-32(35)30(43)39(31(44)33(27,32)36)20-9-5-18(37)6-10-20/h2-11,13-14,22-23,26-27,40H,12,15H2,1H3. The smallest absolute Gasteiger partial charge is 0.258 e. The van der Waals surface area contributed by atoms with Gasteiger partial charge in [0, 0.05) is 10.9 Å². The topological polar surface area (TPSA) is 104 Å². The largest absolute Gasteiger partial charge is 0.504 e. The van der Waals surface area contributed by atoms with E-state index < -0.39 is 62.9 Å². The number of phenols is 1. The van der Waals surface area contributed by atoms with Gasteiger partial charge in [-0.05, 0) is 85.0 Å². The van der Waals surface area contributed by atoms with E-state index in [0.29, 0.717) is 21.8 Å². The minimum absolute atomic E-state index is 0.0769. The molecule has 12 heteroatoms. The zero-order valence-corrected chi connectivity index (χ0v) is 25.8. The molecule has 2 aliphatic carbocycles. The van der Waals surface area contributed by atoms with Crippen molar-refractivity contribution in [2.24, 2.45) is 17.8 Å². The van der Waals surface area contributed by atoms with Crippen molar-refractivity contribution in [1.29, 1.82) is 0 Å². The van der Waals surface area contributed by atoms with Crippen molar-refractivity contribution in [2.75, 3.05) is 16.9 Å². The van der Waals surface area contributed by atoms with Crippen molar-refractivity contribution in [3.8, 4) is 11.5 Å². The lowest BCUT2D eigenvalue weighted by Gasteiger charge is -2.50. The highest BCUT2D eigenvalue weighted by Crippen LogP contribution is 2.66. The molecule has 230 valence electrons. The van der Waals surface area contributed by atoms with Crippen LogP contribution in [-0.4, -0.2) is 45.6 Å². The Hall–Kier alpha value is -3.92. The van der Waals surface area contributed by atoms with Crippen LogP contribution in [0.3, 0.4) is 0 Å². The zero-order valence-electron chi connectivity index (χ0n) is 23.5. The van der Waals surface area contributed by atoms with Crippen LogP contribution in [0.2, 0.25) is 5.02 Å². The Labute approximate surface area is 271 Å². The highest BCUT2D eigenvalue weighted by molar-refractivity contribution is 6.58. The summed E-state index contributed by atoms with van der Waals surface area (Å²) in [4.78, 5) is 54.3. The minimum atomic E-state index is -2.11. The summed E-state index contributed by atoms with van der Waals surface area (Å²) in [6.07, 6.45) is 1.75. The molecule has 1 saturated carbocycles. The van der Waals surface area contributed by atoms with E-state index in [4.69, 9.17) is 39.5 Å². The summed E-state index contributed by atoms with van der Waals surface area (Å²) in [5.74, 6) is -6.65. The van der Waals surface area contributed by atoms with Gasteiger partial charge in [-0.2, -0.15) is 0 Å². The lowest BCUT2D eigenvalue weighted by atomic mass is 9.56. The number of aromatic hydroxyl groups is 1. The van der Waals surface area contributed by atoms with Crippen molar-refractivity contribution in [2.45, 2.75) is 28.5 Å². The number of carbonyl (C=O) groups excluding carboxylic acids is 4. The van der Waals surface area contributed by atoms with Gasteiger partial charge in [-0.1, -0.05) is 29.3 Å². The number of benzene rings is 3. The average molecular weight is 670 g/mol. The Kier molecular flexibility index (Phi) is 6.82. The molecule has 0 bridgehead atoms. The van der Waals surface area contributed by atoms with Gasteiger partial charge in [-0.3, -0.25) is 24.1 Å². The molecule has 3 aromatic carbocycles. The molecule has 7 rings (SSSR count). The van der Waals surface area contributed by atoms with Gasteiger partial charge in [-0.15, -0.1) is 23.2 Å². The molecule has 2 saturated heterocycles. The van der Waals surface area contributed by atoms with Crippen LogP contribution in [0.4, 0.5) is 15.8 Å². The third-order valence-corrected chi connectivity index (χ3v) is 11.2. The van der Waals surface area contributed by atoms with Crippen molar-refractivity contribution in [3.05, 3.63) is 94.8 Å².